The third kappa shape index (κ3) is 2.41. The van der Waals surface area contributed by atoms with Crippen molar-refractivity contribution in [1.29, 1.82) is 0 Å². The highest BCUT2D eigenvalue weighted by Crippen LogP contribution is 2.24. The van der Waals surface area contributed by atoms with Crippen LogP contribution in [0.25, 0.3) is 0 Å². The van der Waals surface area contributed by atoms with E-state index < -0.39 is 17.7 Å². The maximum Gasteiger partial charge on any atom is 0.142 e. The van der Waals surface area contributed by atoms with Crippen molar-refractivity contribution in [1.82, 2.24) is 9.55 Å². The summed E-state index contributed by atoms with van der Waals surface area (Å²) in [5.41, 5.74) is -0.0986. The summed E-state index contributed by atoms with van der Waals surface area (Å²) in [6, 6.07) is 3.01. The van der Waals surface area contributed by atoms with Crippen LogP contribution in [0.2, 0.25) is 0 Å². The van der Waals surface area contributed by atoms with E-state index in [0.29, 0.717) is 12.4 Å². The molecule has 1 aromatic heterocycles. The zero-order chi connectivity index (χ0) is 13.1. The molecule has 1 N–H and O–H groups in total. The molecule has 1 unspecified atom stereocenters. The molecular formula is C13H14F2N2O. The minimum absolute atomic E-state index is 0.0986. The molecular weight excluding hydrogens is 238 g/mol. The lowest BCUT2D eigenvalue weighted by Crippen LogP contribution is -2.11. The third-order valence-corrected chi connectivity index (χ3v) is 2.71. The van der Waals surface area contributed by atoms with Gasteiger partial charge in [-0.25, -0.2) is 13.8 Å². The van der Waals surface area contributed by atoms with Gasteiger partial charge in [0.1, 0.15) is 23.6 Å². The van der Waals surface area contributed by atoms with Crippen molar-refractivity contribution < 1.29 is 13.9 Å². The number of hydrogen-bond acceptors (Lipinski definition) is 2. The minimum Gasteiger partial charge on any atom is -0.380 e. The van der Waals surface area contributed by atoms with Gasteiger partial charge < -0.3 is 9.67 Å². The Hall–Kier alpha value is -1.75. The number of aliphatic hydroxyl groups excluding tert-OH is 1. The lowest BCUT2D eigenvalue weighted by Gasteiger charge is -2.13. The molecule has 0 radical (unpaired) electrons. The van der Waals surface area contributed by atoms with Crippen LogP contribution >= 0.6 is 0 Å². The molecule has 0 aliphatic heterocycles. The Bertz CT molecular complexity index is 540. The number of aromatic nitrogens is 2. The van der Waals surface area contributed by atoms with Crippen molar-refractivity contribution in [2.75, 3.05) is 0 Å². The summed E-state index contributed by atoms with van der Waals surface area (Å²) >= 11 is 0. The van der Waals surface area contributed by atoms with Gasteiger partial charge in [-0.15, -0.1) is 0 Å². The standard InChI is InChI=1S/C13H14F2N2O/c1-2-6-17-7-5-16-13(17)12(18)10-8-9(14)3-4-11(10)15/h3-5,7-8,12,18H,2,6H2,1H3. The molecule has 96 valence electrons. The van der Waals surface area contributed by atoms with E-state index in [0.717, 1.165) is 24.6 Å². The topological polar surface area (TPSA) is 38.0 Å². The number of aliphatic hydroxyl groups is 1. The van der Waals surface area contributed by atoms with E-state index in [1.54, 1.807) is 10.8 Å². The highest BCUT2D eigenvalue weighted by Gasteiger charge is 2.20. The van der Waals surface area contributed by atoms with E-state index >= 15 is 0 Å². The molecule has 0 fully saturated rings. The number of benzene rings is 1. The minimum atomic E-state index is -1.26. The molecule has 2 rings (SSSR count). The van der Waals surface area contributed by atoms with Crippen LogP contribution in [0.4, 0.5) is 8.78 Å². The van der Waals surface area contributed by atoms with Crippen molar-refractivity contribution in [3.05, 3.63) is 53.6 Å². The quantitative estimate of drug-likeness (QED) is 0.908. The molecule has 1 atom stereocenters. The van der Waals surface area contributed by atoms with Crippen LogP contribution in [-0.2, 0) is 6.54 Å². The van der Waals surface area contributed by atoms with Gasteiger partial charge in [-0.2, -0.15) is 0 Å². The highest BCUT2D eigenvalue weighted by atomic mass is 19.1. The van der Waals surface area contributed by atoms with Gasteiger partial charge in [-0.3, -0.25) is 0 Å². The van der Waals surface area contributed by atoms with Crippen molar-refractivity contribution in [3.8, 4) is 0 Å². The number of nitrogens with zero attached hydrogens (tertiary/aromatic N) is 2. The predicted molar refractivity (Wildman–Crippen MR) is 62.9 cm³/mol. The average molecular weight is 252 g/mol. The van der Waals surface area contributed by atoms with Gasteiger partial charge in [0.25, 0.3) is 0 Å². The third-order valence-electron chi connectivity index (χ3n) is 2.71. The van der Waals surface area contributed by atoms with E-state index in [4.69, 9.17) is 0 Å². The number of aryl methyl sites for hydroxylation is 1. The summed E-state index contributed by atoms with van der Waals surface area (Å²) in [7, 11) is 0. The summed E-state index contributed by atoms with van der Waals surface area (Å²) in [5.74, 6) is -0.907. The normalized spacial score (nSPS) is 12.7. The number of rotatable bonds is 4. The van der Waals surface area contributed by atoms with Crippen molar-refractivity contribution >= 4 is 0 Å². The van der Waals surface area contributed by atoms with Gasteiger partial charge in [0, 0.05) is 24.5 Å². The summed E-state index contributed by atoms with van der Waals surface area (Å²) in [4.78, 5) is 4.01. The summed E-state index contributed by atoms with van der Waals surface area (Å²) in [5, 5.41) is 10.1. The monoisotopic (exact) mass is 252 g/mol. The predicted octanol–water partition coefficient (Wildman–Crippen LogP) is 2.65. The summed E-state index contributed by atoms with van der Waals surface area (Å²) < 4.78 is 28.4. The van der Waals surface area contributed by atoms with E-state index in [9.17, 15) is 13.9 Å². The van der Waals surface area contributed by atoms with Gasteiger partial charge in [0.15, 0.2) is 0 Å². The Morgan fingerprint density at radius 3 is 2.89 bits per heavy atom. The summed E-state index contributed by atoms with van der Waals surface area (Å²) in [6.45, 7) is 2.66. The molecule has 3 nitrogen and oxygen atoms in total. The van der Waals surface area contributed by atoms with Crippen LogP contribution in [0, 0.1) is 11.6 Å². The Morgan fingerprint density at radius 1 is 1.39 bits per heavy atom. The highest BCUT2D eigenvalue weighted by molar-refractivity contribution is 5.25. The molecule has 5 heteroatoms. The molecule has 2 aromatic rings. The Morgan fingerprint density at radius 2 is 2.17 bits per heavy atom. The molecule has 0 bridgehead atoms. The fraction of sp³-hybridized carbons (Fsp3) is 0.308. The van der Waals surface area contributed by atoms with Crippen LogP contribution in [0.1, 0.15) is 30.8 Å². The van der Waals surface area contributed by atoms with Crippen LogP contribution in [0.3, 0.4) is 0 Å². The first kappa shape index (κ1) is 12.7. The number of halogens is 2. The Kier molecular flexibility index (Phi) is 3.72. The molecule has 0 aliphatic carbocycles. The van der Waals surface area contributed by atoms with Gasteiger partial charge in [0.2, 0.25) is 0 Å². The molecule has 0 saturated carbocycles. The second-order valence-electron chi connectivity index (χ2n) is 4.05. The Balaban J connectivity index is 2.38. The zero-order valence-corrected chi connectivity index (χ0v) is 9.98. The second-order valence-corrected chi connectivity index (χ2v) is 4.05. The SMILES string of the molecule is CCCn1ccnc1C(O)c1cc(F)ccc1F. The van der Waals surface area contributed by atoms with E-state index in [2.05, 4.69) is 4.98 Å². The first-order chi connectivity index (χ1) is 8.63. The largest absolute Gasteiger partial charge is 0.380 e. The molecule has 0 saturated heterocycles. The molecule has 18 heavy (non-hydrogen) atoms. The second kappa shape index (κ2) is 5.27. The fourth-order valence-electron chi connectivity index (χ4n) is 1.86. The van der Waals surface area contributed by atoms with Crippen molar-refractivity contribution in [3.63, 3.8) is 0 Å². The Labute approximate surface area is 104 Å². The van der Waals surface area contributed by atoms with Gasteiger partial charge in [-0.1, -0.05) is 6.92 Å². The van der Waals surface area contributed by atoms with Gasteiger partial charge in [0.05, 0.1) is 0 Å². The maximum absolute atomic E-state index is 13.6. The number of imidazole rings is 1. The molecule has 0 spiro atoms. The average Bonchev–Trinajstić information content (AvgIpc) is 2.80. The first-order valence-corrected chi connectivity index (χ1v) is 5.77. The van der Waals surface area contributed by atoms with E-state index in [-0.39, 0.29) is 5.56 Å². The van der Waals surface area contributed by atoms with Gasteiger partial charge in [-0.05, 0) is 24.6 Å². The van der Waals surface area contributed by atoms with Crippen molar-refractivity contribution in [2.24, 2.45) is 0 Å². The molecule has 0 amide bonds. The maximum atomic E-state index is 13.6. The lowest BCUT2D eigenvalue weighted by atomic mass is 10.1. The van der Waals surface area contributed by atoms with Crippen LogP contribution in [0.15, 0.2) is 30.6 Å². The van der Waals surface area contributed by atoms with E-state index in [1.165, 1.54) is 6.20 Å². The molecule has 1 heterocycles. The smallest absolute Gasteiger partial charge is 0.142 e. The molecule has 0 aliphatic rings. The number of hydrogen-bond donors (Lipinski definition) is 1. The summed E-state index contributed by atoms with van der Waals surface area (Å²) in [6.07, 6.45) is 2.84. The van der Waals surface area contributed by atoms with Crippen LogP contribution in [0.5, 0.6) is 0 Å². The van der Waals surface area contributed by atoms with Gasteiger partial charge >= 0.3 is 0 Å². The van der Waals surface area contributed by atoms with E-state index in [1.807, 2.05) is 6.92 Å². The van der Waals surface area contributed by atoms with Crippen LogP contribution in [-0.4, -0.2) is 14.7 Å². The fourth-order valence-corrected chi connectivity index (χ4v) is 1.86. The van der Waals surface area contributed by atoms with Crippen LogP contribution < -0.4 is 0 Å². The van der Waals surface area contributed by atoms with Crippen molar-refractivity contribution in [2.45, 2.75) is 26.0 Å². The first-order valence-electron chi connectivity index (χ1n) is 5.77. The lowest BCUT2D eigenvalue weighted by molar-refractivity contribution is 0.198. The molecule has 1 aromatic carbocycles. The zero-order valence-electron chi connectivity index (χ0n) is 9.98.